The van der Waals surface area contributed by atoms with E-state index in [-0.39, 0.29) is 51.1 Å². The highest BCUT2D eigenvalue weighted by atomic mass is 16.6. The van der Waals surface area contributed by atoms with Gasteiger partial charge in [-0.3, -0.25) is 38.4 Å². The molecule has 2 heterocycles. The number of rotatable bonds is 13. The summed E-state index contributed by atoms with van der Waals surface area (Å²) in [5, 5.41) is 20.3. The summed E-state index contributed by atoms with van der Waals surface area (Å²) in [7, 11) is 5.66. The van der Waals surface area contributed by atoms with Gasteiger partial charge in [0.1, 0.15) is 36.3 Å². The van der Waals surface area contributed by atoms with Gasteiger partial charge < -0.3 is 50.3 Å². The topological polar surface area (TPSA) is 235 Å². The van der Waals surface area contributed by atoms with E-state index in [0.29, 0.717) is 24.8 Å². The van der Waals surface area contributed by atoms with Crippen molar-refractivity contribution in [2.24, 2.45) is 23.7 Å². The molecule has 19 nitrogen and oxygen atoms in total. The van der Waals surface area contributed by atoms with Gasteiger partial charge in [-0.25, -0.2) is 4.79 Å². The highest BCUT2D eigenvalue weighted by Gasteiger charge is 2.47. The van der Waals surface area contributed by atoms with E-state index < -0.39 is 125 Å². The predicted octanol–water partition coefficient (Wildman–Crippen LogP) is 3.74. The Morgan fingerprint density at radius 3 is 1.69 bits per heavy atom. The number of carbonyl (C=O) groups is 9. The molecule has 2 aromatic rings. The van der Waals surface area contributed by atoms with E-state index in [9.17, 15) is 43.5 Å². The summed E-state index contributed by atoms with van der Waals surface area (Å²) < 4.78 is 6.06. The Kier molecular flexibility index (Phi) is 23.2. The number of amides is 8. The van der Waals surface area contributed by atoms with Crippen LogP contribution in [0.15, 0.2) is 60.7 Å². The Balaban J connectivity index is 1.90. The third kappa shape index (κ3) is 16.3. The molecule has 426 valence electrons. The van der Waals surface area contributed by atoms with Gasteiger partial charge in [-0.2, -0.15) is 0 Å². The van der Waals surface area contributed by atoms with Crippen LogP contribution >= 0.6 is 0 Å². The standard InChI is InChI=1S/C58H88N8O11/c1-15-24-44-51(69)60-43(32-39-25-20-18-21-26-39)52(70)64(13)45(33-40-27-22-19-23-28-40)54(72)66-30-29-41(34-66)50(68)61-46(36(6)16-2)55(73)62(11)38(8)49(67)59-42(31-35(4)5)53(71)65(14)48(58(9,10)76)57(75)77-47(37(7)17-3)56(74)63(44)12/h18-23,25-28,35-38,41-48,76H,15-17,24,29-34H2,1-14H3,(H,59,67)(H,60,69)(H,61,68)/t36?,37?,38-,41?,42?,43?,44-,45?,46?,47+,48?/m0/s1. The molecule has 8 unspecified atom stereocenters. The first-order valence-electron chi connectivity index (χ1n) is 27.5. The number of fused-ring (bicyclic) bond motifs is 2. The number of likely N-dealkylation sites (N-methyl/N-ethyl adjacent to an activating group) is 4. The predicted molar refractivity (Wildman–Crippen MR) is 292 cm³/mol. The molecule has 19 heteroatoms. The molecule has 77 heavy (non-hydrogen) atoms. The number of hydrogen-bond acceptors (Lipinski definition) is 11. The zero-order chi connectivity index (χ0) is 57.6. The van der Waals surface area contributed by atoms with E-state index in [1.807, 2.05) is 83.1 Å². The number of nitrogens with one attached hydrogen (secondary N) is 3. The lowest BCUT2D eigenvalue weighted by atomic mass is 9.94. The Hall–Kier alpha value is -6.37. The Labute approximate surface area is 456 Å². The lowest BCUT2D eigenvalue weighted by molar-refractivity contribution is -0.177. The van der Waals surface area contributed by atoms with Crippen LogP contribution in [0.4, 0.5) is 0 Å². The third-order valence-electron chi connectivity index (χ3n) is 15.5. The van der Waals surface area contributed by atoms with Crippen molar-refractivity contribution in [2.45, 2.75) is 175 Å². The van der Waals surface area contributed by atoms with Crippen molar-refractivity contribution in [3.05, 3.63) is 71.8 Å². The summed E-state index contributed by atoms with van der Waals surface area (Å²) in [6, 6.07) is 9.55. The van der Waals surface area contributed by atoms with Gasteiger partial charge in [-0.1, -0.05) is 122 Å². The molecule has 0 aromatic heterocycles. The van der Waals surface area contributed by atoms with Gasteiger partial charge in [-0.15, -0.1) is 0 Å². The fourth-order valence-corrected chi connectivity index (χ4v) is 10.1. The summed E-state index contributed by atoms with van der Waals surface area (Å²) in [5.41, 5.74) is -0.487. The largest absolute Gasteiger partial charge is 0.450 e. The van der Waals surface area contributed by atoms with Crippen molar-refractivity contribution in [1.29, 1.82) is 0 Å². The van der Waals surface area contributed by atoms with Gasteiger partial charge in [0.05, 0.1) is 11.5 Å². The lowest BCUT2D eigenvalue weighted by Gasteiger charge is -2.39. The van der Waals surface area contributed by atoms with Crippen LogP contribution in [-0.2, 0) is 60.7 Å². The zero-order valence-corrected chi connectivity index (χ0v) is 48.0. The van der Waals surface area contributed by atoms with Gasteiger partial charge in [0, 0.05) is 60.0 Å². The highest BCUT2D eigenvalue weighted by Crippen LogP contribution is 2.26. The molecule has 2 fully saturated rings. The minimum absolute atomic E-state index is 0.00170. The molecule has 2 bridgehead atoms. The fraction of sp³-hybridized carbons (Fsp3) is 0.638. The summed E-state index contributed by atoms with van der Waals surface area (Å²) in [4.78, 5) is 138. The lowest BCUT2D eigenvalue weighted by Crippen LogP contribution is -2.62. The van der Waals surface area contributed by atoms with Crippen molar-refractivity contribution in [3.63, 3.8) is 0 Å². The molecule has 0 radical (unpaired) electrons. The molecule has 0 saturated carbocycles. The normalized spacial score (nSPS) is 26.7. The molecule has 4 N–H and O–H groups in total. The first-order chi connectivity index (χ1) is 36.2. The number of ether oxygens (including phenoxy) is 1. The van der Waals surface area contributed by atoms with Crippen LogP contribution in [0.25, 0.3) is 0 Å². The van der Waals surface area contributed by atoms with Crippen LogP contribution in [-0.4, -0.2) is 178 Å². The van der Waals surface area contributed by atoms with Crippen LogP contribution in [0.1, 0.15) is 119 Å². The second kappa shape index (κ2) is 28.3. The second-order valence-corrected chi connectivity index (χ2v) is 22.4. The molecule has 2 saturated heterocycles. The molecule has 4 rings (SSSR count). The number of esters is 1. The Morgan fingerprint density at radius 1 is 0.623 bits per heavy atom. The highest BCUT2D eigenvalue weighted by molar-refractivity contribution is 5.98. The van der Waals surface area contributed by atoms with Crippen LogP contribution in [0, 0.1) is 23.7 Å². The van der Waals surface area contributed by atoms with Gasteiger partial charge in [0.2, 0.25) is 41.4 Å². The zero-order valence-electron chi connectivity index (χ0n) is 48.0. The van der Waals surface area contributed by atoms with Crippen molar-refractivity contribution in [1.82, 2.24) is 40.4 Å². The minimum atomic E-state index is -1.96. The fourth-order valence-electron chi connectivity index (χ4n) is 10.1. The molecular formula is C58H88N8O11. The summed E-state index contributed by atoms with van der Waals surface area (Å²) in [5.74, 6) is -7.88. The number of benzene rings is 2. The smallest absolute Gasteiger partial charge is 0.332 e. The first-order valence-corrected chi connectivity index (χ1v) is 27.5. The second-order valence-electron chi connectivity index (χ2n) is 22.4. The van der Waals surface area contributed by atoms with Gasteiger partial charge in [0.15, 0.2) is 12.1 Å². The van der Waals surface area contributed by atoms with E-state index in [1.54, 1.807) is 30.9 Å². The van der Waals surface area contributed by atoms with E-state index in [2.05, 4.69) is 16.0 Å². The summed E-state index contributed by atoms with van der Waals surface area (Å²) in [6.07, 6.45) is 0.379. The molecule has 0 aliphatic carbocycles. The van der Waals surface area contributed by atoms with E-state index >= 15 is 4.79 Å². The monoisotopic (exact) mass is 1070 g/mol. The van der Waals surface area contributed by atoms with Crippen molar-refractivity contribution < 1.29 is 53.0 Å². The van der Waals surface area contributed by atoms with Crippen LogP contribution in [0.5, 0.6) is 0 Å². The molecule has 2 aromatic carbocycles. The maximum absolute atomic E-state index is 15.1. The number of aliphatic hydroxyl groups is 1. The van der Waals surface area contributed by atoms with Crippen molar-refractivity contribution in [2.75, 3.05) is 41.3 Å². The maximum atomic E-state index is 15.1. The Bertz CT molecular complexity index is 2360. The molecule has 0 spiro atoms. The van der Waals surface area contributed by atoms with E-state index in [0.717, 1.165) is 10.5 Å². The maximum Gasteiger partial charge on any atom is 0.332 e. The average Bonchev–Trinajstić information content (AvgIpc) is 3.90. The average molecular weight is 1070 g/mol. The van der Waals surface area contributed by atoms with Crippen LogP contribution in [0.2, 0.25) is 0 Å². The molecule has 2 aliphatic rings. The SMILES string of the molecule is CCC[C@H]1C(=O)NC(Cc2ccccc2)C(=O)N(C)C(Cc2ccccc2)C(=O)N2CCC(C2)C(=O)NC(C(C)CC)C(=O)N(C)[C@@H](C)C(=O)NC(CC(C)C)C(=O)N(C)C(C(C)(C)O)C(=O)O[C@H](C(C)CC)C(=O)N1C. The summed E-state index contributed by atoms with van der Waals surface area (Å²) in [6.45, 7) is 17.0. The summed E-state index contributed by atoms with van der Waals surface area (Å²) >= 11 is 0. The van der Waals surface area contributed by atoms with Crippen molar-refractivity contribution in [3.8, 4) is 0 Å². The Morgan fingerprint density at radius 2 is 1.16 bits per heavy atom. The quantitative estimate of drug-likeness (QED) is 0.211. The van der Waals surface area contributed by atoms with Crippen LogP contribution in [0.3, 0.4) is 0 Å². The third-order valence-corrected chi connectivity index (χ3v) is 15.5. The van der Waals surface area contributed by atoms with Gasteiger partial charge >= 0.3 is 5.97 Å². The number of hydrogen-bond donors (Lipinski definition) is 4. The first kappa shape index (κ1) is 63.2. The molecule has 2 aliphatic heterocycles. The molecule has 8 amide bonds. The molecular weight excluding hydrogens is 985 g/mol. The van der Waals surface area contributed by atoms with Crippen molar-refractivity contribution >= 4 is 53.2 Å². The van der Waals surface area contributed by atoms with Gasteiger partial charge in [-0.05, 0) is 69.4 Å². The minimum Gasteiger partial charge on any atom is -0.450 e. The number of nitrogens with zero attached hydrogens (tertiary/aromatic N) is 5. The van der Waals surface area contributed by atoms with Crippen LogP contribution < -0.4 is 16.0 Å². The van der Waals surface area contributed by atoms with Gasteiger partial charge in [0.25, 0.3) is 5.91 Å². The number of carbonyl (C=O) groups excluding carboxylic acids is 9. The number of cyclic esters (lactones) is 1. The molecule has 11 atom stereocenters. The van der Waals surface area contributed by atoms with E-state index in [4.69, 9.17) is 4.74 Å². The van der Waals surface area contributed by atoms with E-state index in [1.165, 1.54) is 63.7 Å².